The Morgan fingerprint density at radius 1 is 1.00 bits per heavy atom. The third-order valence-corrected chi connectivity index (χ3v) is 3.89. The van der Waals surface area contributed by atoms with Crippen molar-refractivity contribution in [2.75, 3.05) is 4.90 Å². The summed E-state index contributed by atoms with van der Waals surface area (Å²) < 4.78 is 27.3. The number of amides is 2. The van der Waals surface area contributed by atoms with Crippen LogP contribution in [0.2, 0.25) is 0 Å². The van der Waals surface area contributed by atoms with Crippen molar-refractivity contribution < 1.29 is 23.3 Å². The molecule has 1 aliphatic heterocycles. The maximum Gasteiger partial charge on any atom is 0.277 e. The molecule has 6 nitrogen and oxygen atoms in total. The lowest BCUT2D eigenvalue weighted by Gasteiger charge is -2.15. The summed E-state index contributed by atoms with van der Waals surface area (Å²) in [6, 6.07) is 7.08. The van der Waals surface area contributed by atoms with Crippen LogP contribution in [0.3, 0.4) is 0 Å². The van der Waals surface area contributed by atoms with Crippen molar-refractivity contribution in [2.45, 2.75) is 0 Å². The van der Waals surface area contributed by atoms with Gasteiger partial charge in [0.2, 0.25) is 0 Å². The van der Waals surface area contributed by atoms with Crippen LogP contribution in [0.5, 0.6) is 0 Å². The number of imide groups is 1. The van der Waals surface area contributed by atoms with Crippen molar-refractivity contribution in [3.63, 3.8) is 0 Å². The van der Waals surface area contributed by atoms with Gasteiger partial charge in [-0.3, -0.25) is 19.7 Å². The van der Waals surface area contributed by atoms with Gasteiger partial charge in [0.25, 0.3) is 17.5 Å². The van der Waals surface area contributed by atoms with Crippen molar-refractivity contribution in [1.82, 2.24) is 0 Å². The Balaban J connectivity index is 2.05. The zero-order valence-corrected chi connectivity index (χ0v) is 13.0. The first-order valence-corrected chi connectivity index (χ1v) is 7.17. The van der Waals surface area contributed by atoms with E-state index in [-0.39, 0.29) is 16.8 Å². The number of nitrogens with zero attached hydrogens (tertiary/aromatic N) is 2. The Labute approximate surface area is 144 Å². The van der Waals surface area contributed by atoms with E-state index in [0.717, 1.165) is 24.3 Å². The average molecular weight is 365 g/mol. The number of carbonyl (C=O) groups is 2. The molecule has 1 heterocycles. The number of rotatable bonds is 3. The highest BCUT2D eigenvalue weighted by Crippen LogP contribution is 2.36. The van der Waals surface area contributed by atoms with Crippen molar-refractivity contribution in [3.05, 3.63) is 74.8 Å². The van der Waals surface area contributed by atoms with Crippen LogP contribution in [0.4, 0.5) is 20.2 Å². The van der Waals surface area contributed by atoms with Crippen LogP contribution in [-0.4, -0.2) is 16.7 Å². The van der Waals surface area contributed by atoms with Gasteiger partial charge in [-0.1, -0.05) is 11.6 Å². The zero-order chi connectivity index (χ0) is 18.3. The Hall–Kier alpha value is -3.13. The van der Waals surface area contributed by atoms with E-state index in [2.05, 4.69) is 0 Å². The first-order valence-electron chi connectivity index (χ1n) is 6.79. The molecule has 0 saturated carbocycles. The smallest absolute Gasteiger partial charge is 0.268 e. The predicted molar refractivity (Wildman–Crippen MR) is 84.7 cm³/mol. The van der Waals surface area contributed by atoms with E-state index in [0.29, 0.717) is 11.0 Å². The summed E-state index contributed by atoms with van der Waals surface area (Å²) in [5, 5.41) is 10.2. The van der Waals surface area contributed by atoms with Gasteiger partial charge in [-0.15, -0.1) is 0 Å². The number of anilines is 1. The summed E-state index contributed by atoms with van der Waals surface area (Å²) in [7, 11) is 0. The first kappa shape index (κ1) is 16.7. The summed E-state index contributed by atoms with van der Waals surface area (Å²) in [6.07, 6.45) is 0. The average Bonchev–Trinajstić information content (AvgIpc) is 2.80. The summed E-state index contributed by atoms with van der Waals surface area (Å²) in [5.74, 6) is -3.77. The molecule has 0 aromatic heterocycles. The van der Waals surface area contributed by atoms with Crippen LogP contribution < -0.4 is 4.90 Å². The van der Waals surface area contributed by atoms with E-state index in [1.165, 1.54) is 12.1 Å². The van der Waals surface area contributed by atoms with Gasteiger partial charge >= 0.3 is 0 Å². The number of hydrogen-bond donors (Lipinski definition) is 0. The minimum atomic E-state index is -1.01. The van der Waals surface area contributed by atoms with Crippen LogP contribution in [0, 0.1) is 21.7 Å². The number of carbonyl (C=O) groups excluding carboxylic acids is 2. The van der Waals surface area contributed by atoms with Crippen LogP contribution in [0.15, 0.2) is 47.5 Å². The lowest BCUT2D eigenvalue weighted by atomic mass is 10.1. The minimum absolute atomic E-state index is 0.147. The molecule has 1 aliphatic rings. The summed E-state index contributed by atoms with van der Waals surface area (Å²) >= 11 is 5.91. The minimum Gasteiger partial charge on any atom is -0.268 e. The molecule has 2 amide bonds. The van der Waals surface area contributed by atoms with Gasteiger partial charge in [-0.05, 0) is 29.8 Å². The molecule has 2 aromatic rings. The SMILES string of the molecule is O=C1C(Cl)=C(c2ccc([N+](=O)[O-])cc2)C(=O)N1c1cc(F)ccc1F. The number of nitro groups is 1. The Kier molecular flexibility index (Phi) is 4.05. The maximum absolute atomic E-state index is 13.9. The van der Waals surface area contributed by atoms with Crippen LogP contribution in [0.25, 0.3) is 5.57 Å². The molecule has 25 heavy (non-hydrogen) atoms. The molecule has 2 aromatic carbocycles. The van der Waals surface area contributed by atoms with E-state index in [1.807, 2.05) is 0 Å². The second-order valence-corrected chi connectivity index (χ2v) is 5.41. The van der Waals surface area contributed by atoms with Gasteiger partial charge in [-0.25, -0.2) is 13.7 Å². The highest BCUT2D eigenvalue weighted by Gasteiger charge is 2.40. The largest absolute Gasteiger partial charge is 0.277 e. The second kappa shape index (κ2) is 6.06. The van der Waals surface area contributed by atoms with E-state index >= 15 is 0 Å². The fourth-order valence-electron chi connectivity index (χ4n) is 2.38. The summed E-state index contributed by atoms with van der Waals surface area (Å²) in [6.45, 7) is 0. The van der Waals surface area contributed by atoms with Crippen molar-refractivity contribution in [1.29, 1.82) is 0 Å². The topological polar surface area (TPSA) is 80.5 Å². The number of nitro benzene ring substituents is 1. The Bertz CT molecular complexity index is 957. The Morgan fingerprint density at radius 3 is 2.24 bits per heavy atom. The third kappa shape index (κ3) is 2.76. The van der Waals surface area contributed by atoms with Gasteiger partial charge in [0.05, 0.1) is 16.2 Å². The normalized spacial score (nSPS) is 14.4. The lowest BCUT2D eigenvalue weighted by Crippen LogP contribution is -2.32. The quantitative estimate of drug-likeness (QED) is 0.475. The fraction of sp³-hybridized carbons (Fsp3) is 0. The van der Waals surface area contributed by atoms with Crippen molar-refractivity contribution in [3.8, 4) is 0 Å². The summed E-state index contributed by atoms with van der Waals surface area (Å²) in [4.78, 5) is 35.3. The summed E-state index contributed by atoms with van der Waals surface area (Å²) in [5.41, 5.74) is -0.881. The zero-order valence-electron chi connectivity index (χ0n) is 12.2. The molecule has 0 aliphatic carbocycles. The van der Waals surface area contributed by atoms with Crippen LogP contribution >= 0.6 is 11.6 Å². The molecule has 9 heteroatoms. The lowest BCUT2D eigenvalue weighted by molar-refractivity contribution is -0.384. The molecule has 0 bridgehead atoms. The van der Waals surface area contributed by atoms with E-state index in [9.17, 15) is 28.5 Å². The van der Waals surface area contributed by atoms with Gasteiger partial charge in [-0.2, -0.15) is 0 Å². The molecule has 126 valence electrons. The number of hydrogen-bond acceptors (Lipinski definition) is 4. The highest BCUT2D eigenvalue weighted by molar-refractivity contribution is 6.60. The monoisotopic (exact) mass is 364 g/mol. The molecule has 0 saturated heterocycles. The molecule has 3 rings (SSSR count). The van der Waals surface area contributed by atoms with E-state index < -0.39 is 39.1 Å². The fourth-order valence-corrected chi connectivity index (χ4v) is 2.65. The first-order chi connectivity index (χ1) is 11.8. The van der Waals surface area contributed by atoms with Crippen LogP contribution in [-0.2, 0) is 9.59 Å². The van der Waals surface area contributed by atoms with E-state index in [1.54, 1.807) is 0 Å². The molecule has 0 atom stereocenters. The molecule has 0 N–H and O–H groups in total. The molecule has 0 unspecified atom stereocenters. The van der Waals surface area contributed by atoms with Crippen LogP contribution in [0.1, 0.15) is 5.56 Å². The van der Waals surface area contributed by atoms with Crippen molar-refractivity contribution in [2.24, 2.45) is 0 Å². The standard InChI is InChI=1S/C16H7ClF2N2O4/c17-14-13(8-1-4-10(5-2-8)21(24)25)15(22)20(16(14)23)12-7-9(18)3-6-11(12)19/h1-7H. The van der Waals surface area contributed by atoms with E-state index in [4.69, 9.17) is 11.6 Å². The van der Waals surface area contributed by atoms with Gasteiger partial charge in [0.15, 0.2) is 0 Å². The number of non-ortho nitro benzene ring substituents is 1. The van der Waals surface area contributed by atoms with Gasteiger partial charge in [0.1, 0.15) is 16.7 Å². The molecule has 0 radical (unpaired) electrons. The number of benzene rings is 2. The molecule has 0 fully saturated rings. The third-order valence-electron chi connectivity index (χ3n) is 3.54. The Morgan fingerprint density at radius 2 is 1.64 bits per heavy atom. The van der Waals surface area contributed by atoms with Gasteiger partial charge < -0.3 is 0 Å². The van der Waals surface area contributed by atoms with Gasteiger partial charge in [0, 0.05) is 18.2 Å². The predicted octanol–water partition coefficient (Wildman–Crippen LogP) is 3.40. The highest BCUT2D eigenvalue weighted by atomic mass is 35.5. The molecule has 0 spiro atoms. The maximum atomic E-state index is 13.9. The van der Waals surface area contributed by atoms with Crippen molar-refractivity contribution >= 4 is 40.4 Å². The number of halogens is 3. The molecular formula is C16H7ClF2N2O4. The second-order valence-electron chi connectivity index (χ2n) is 5.03. The molecular weight excluding hydrogens is 358 g/mol.